The van der Waals surface area contributed by atoms with Crippen LogP contribution < -0.4 is 4.74 Å². The minimum atomic E-state index is -4.01. The summed E-state index contributed by atoms with van der Waals surface area (Å²) in [7, 11) is 0. The van der Waals surface area contributed by atoms with E-state index in [2.05, 4.69) is 23.8 Å². The van der Waals surface area contributed by atoms with Gasteiger partial charge in [-0.3, -0.25) is 0 Å². The van der Waals surface area contributed by atoms with Crippen molar-refractivity contribution in [3.63, 3.8) is 0 Å². The van der Waals surface area contributed by atoms with Crippen LogP contribution in [0.25, 0.3) is 0 Å². The second kappa shape index (κ2) is 9.82. The van der Waals surface area contributed by atoms with Gasteiger partial charge < -0.3 is 4.74 Å². The van der Waals surface area contributed by atoms with Gasteiger partial charge in [0.05, 0.1) is 6.08 Å². The Morgan fingerprint density at radius 2 is 1.45 bits per heavy atom. The SMILES string of the molecule is C/C=C/C1CCC(C2CCC(c3ccc(OC(F)(F)C=C(F)F)cc3)CC2)CC1. The number of benzene rings is 1. The summed E-state index contributed by atoms with van der Waals surface area (Å²) in [6.45, 7) is 2.10. The highest BCUT2D eigenvalue weighted by molar-refractivity contribution is 5.30. The van der Waals surface area contributed by atoms with Crippen LogP contribution in [0.5, 0.6) is 5.75 Å². The van der Waals surface area contributed by atoms with Crippen molar-refractivity contribution in [3.8, 4) is 5.75 Å². The van der Waals surface area contributed by atoms with Crippen LogP contribution in [0, 0.1) is 17.8 Å². The molecule has 3 rings (SSSR count). The minimum absolute atomic E-state index is 0.108. The molecule has 2 saturated carbocycles. The number of rotatable bonds is 6. The first kappa shape index (κ1) is 21.9. The van der Waals surface area contributed by atoms with E-state index in [9.17, 15) is 17.6 Å². The molecule has 5 heteroatoms. The van der Waals surface area contributed by atoms with E-state index >= 15 is 0 Å². The Morgan fingerprint density at radius 1 is 0.897 bits per heavy atom. The molecule has 0 aromatic heterocycles. The van der Waals surface area contributed by atoms with Crippen LogP contribution in [0.3, 0.4) is 0 Å². The molecule has 0 spiro atoms. The van der Waals surface area contributed by atoms with Crippen LogP contribution in [-0.2, 0) is 0 Å². The smallest absolute Gasteiger partial charge is 0.425 e. The van der Waals surface area contributed by atoms with E-state index in [-0.39, 0.29) is 5.75 Å². The third-order valence-electron chi connectivity index (χ3n) is 6.60. The van der Waals surface area contributed by atoms with Gasteiger partial charge in [-0.05, 0) is 99.7 Å². The van der Waals surface area contributed by atoms with Gasteiger partial charge in [0.2, 0.25) is 0 Å². The molecule has 0 saturated heterocycles. The number of hydrogen-bond acceptors (Lipinski definition) is 1. The molecule has 1 aromatic rings. The summed E-state index contributed by atoms with van der Waals surface area (Å²) in [4.78, 5) is 0. The predicted molar refractivity (Wildman–Crippen MR) is 107 cm³/mol. The average Bonchev–Trinajstić information content (AvgIpc) is 2.68. The van der Waals surface area contributed by atoms with E-state index in [0.717, 1.165) is 36.2 Å². The van der Waals surface area contributed by atoms with Crippen LogP contribution in [0.1, 0.15) is 69.8 Å². The molecule has 0 atom stereocenters. The zero-order chi connectivity index (χ0) is 20.9. The molecule has 2 fully saturated rings. The highest BCUT2D eigenvalue weighted by Gasteiger charge is 2.32. The minimum Gasteiger partial charge on any atom is -0.429 e. The van der Waals surface area contributed by atoms with Gasteiger partial charge in [-0.1, -0.05) is 24.3 Å². The first-order valence-corrected chi connectivity index (χ1v) is 10.7. The molecule has 0 heterocycles. The van der Waals surface area contributed by atoms with Gasteiger partial charge in [0.25, 0.3) is 6.08 Å². The molecule has 2 aliphatic carbocycles. The largest absolute Gasteiger partial charge is 0.429 e. The van der Waals surface area contributed by atoms with Crippen LogP contribution >= 0.6 is 0 Å². The molecule has 2 aliphatic rings. The molecular weight excluding hydrogens is 380 g/mol. The Labute approximate surface area is 170 Å². The Hall–Kier alpha value is -1.78. The lowest BCUT2D eigenvalue weighted by atomic mass is 9.68. The number of halogens is 4. The maximum absolute atomic E-state index is 13.3. The van der Waals surface area contributed by atoms with Gasteiger partial charge in [0, 0.05) is 0 Å². The second-order valence-corrected chi connectivity index (χ2v) is 8.48. The monoisotopic (exact) mass is 410 g/mol. The number of allylic oxidation sites excluding steroid dienone is 2. The topological polar surface area (TPSA) is 9.23 Å². The van der Waals surface area contributed by atoms with Crippen molar-refractivity contribution in [2.24, 2.45) is 17.8 Å². The van der Waals surface area contributed by atoms with Gasteiger partial charge in [-0.15, -0.1) is 0 Å². The quantitative estimate of drug-likeness (QED) is 0.340. The molecule has 29 heavy (non-hydrogen) atoms. The summed E-state index contributed by atoms with van der Waals surface area (Å²) in [6, 6.07) is 6.46. The first-order chi connectivity index (χ1) is 13.9. The molecule has 1 aromatic carbocycles. The molecule has 0 amide bonds. The van der Waals surface area contributed by atoms with E-state index in [1.807, 2.05) is 0 Å². The summed E-state index contributed by atoms with van der Waals surface area (Å²) in [5.74, 6) is 2.74. The summed E-state index contributed by atoms with van der Waals surface area (Å²) < 4.78 is 55.1. The van der Waals surface area contributed by atoms with E-state index in [1.54, 1.807) is 12.1 Å². The summed E-state index contributed by atoms with van der Waals surface area (Å²) in [5, 5.41) is 0. The van der Waals surface area contributed by atoms with Crippen molar-refractivity contribution >= 4 is 0 Å². The van der Waals surface area contributed by atoms with Gasteiger partial charge in [-0.25, -0.2) is 0 Å². The molecule has 0 radical (unpaired) electrons. The first-order valence-electron chi connectivity index (χ1n) is 10.7. The fourth-order valence-electron chi connectivity index (χ4n) is 5.13. The van der Waals surface area contributed by atoms with E-state index in [4.69, 9.17) is 0 Å². The van der Waals surface area contributed by atoms with Crippen molar-refractivity contribution in [1.82, 2.24) is 0 Å². The standard InChI is InChI=1S/C24H30F4O/c1-2-3-17-4-6-18(7-5-17)19-8-10-20(11-9-19)21-12-14-22(15-13-21)29-24(27,28)16-23(25)26/h2-3,12-20H,4-11H2,1H3/b3-2+. The zero-order valence-corrected chi connectivity index (χ0v) is 16.9. The Morgan fingerprint density at radius 3 is 1.97 bits per heavy atom. The van der Waals surface area contributed by atoms with Crippen LogP contribution in [0.2, 0.25) is 0 Å². The lowest BCUT2D eigenvalue weighted by Gasteiger charge is -2.37. The molecule has 160 valence electrons. The molecule has 0 aliphatic heterocycles. The van der Waals surface area contributed by atoms with Crippen LogP contribution in [-0.4, -0.2) is 6.11 Å². The molecule has 0 unspecified atom stereocenters. The van der Waals surface area contributed by atoms with Crippen molar-refractivity contribution in [1.29, 1.82) is 0 Å². The molecule has 1 nitrogen and oxygen atoms in total. The fraction of sp³-hybridized carbons (Fsp3) is 0.583. The normalized spacial score (nSPS) is 28.3. The lowest BCUT2D eigenvalue weighted by Crippen LogP contribution is -2.25. The Kier molecular flexibility index (Phi) is 7.42. The van der Waals surface area contributed by atoms with E-state index in [0.29, 0.717) is 5.92 Å². The second-order valence-electron chi connectivity index (χ2n) is 8.48. The van der Waals surface area contributed by atoms with Crippen molar-refractivity contribution in [3.05, 3.63) is 54.1 Å². The Bertz CT molecular complexity index is 690. The van der Waals surface area contributed by atoms with Crippen molar-refractivity contribution in [2.75, 3.05) is 0 Å². The molecule has 0 N–H and O–H groups in total. The van der Waals surface area contributed by atoms with Crippen LogP contribution in [0.4, 0.5) is 17.6 Å². The van der Waals surface area contributed by atoms with Crippen molar-refractivity contribution in [2.45, 2.75) is 70.3 Å². The lowest BCUT2D eigenvalue weighted by molar-refractivity contribution is -0.133. The number of hydrogen-bond donors (Lipinski definition) is 0. The third-order valence-corrected chi connectivity index (χ3v) is 6.60. The van der Waals surface area contributed by atoms with E-state index < -0.39 is 18.3 Å². The third kappa shape index (κ3) is 6.35. The Balaban J connectivity index is 1.49. The van der Waals surface area contributed by atoms with Gasteiger partial charge >= 0.3 is 6.11 Å². The number of ether oxygens (including phenoxy) is 1. The highest BCUT2D eigenvalue weighted by Crippen LogP contribution is 2.44. The summed E-state index contributed by atoms with van der Waals surface area (Å²) >= 11 is 0. The van der Waals surface area contributed by atoms with E-state index in [1.165, 1.54) is 50.7 Å². The van der Waals surface area contributed by atoms with Crippen molar-refractivity contribution < 1.29 is 22.3 Å². The predicted octanol–water partition coefficient (Wildman–Crippen LogP) is 8.09. The average molecular weight is 410 g/mol. The maximum atomic E-state index is 13.3. The number of alkyl halides is 2. The van der Waals surface area contributed by atoms with Crippen LogP contribution in [0.15, 0.2) is 48.6 Å². The summed E-state index contributed by atoms with van der Waals surface area (Å²) in [6.07, 6.45) is 7.53. The molecular formula is C24H30F4O. The van der Waals surface area contributed by atoms with Gasteiger partial charge in [0.15, 0.2) is 0 Å². The van der Waals surface area contributed by atoms with Gasteiger partial charge in [0.1, 0.15) is 5.75 Å². The van der Waals surface area contributed by atoms with Gasteiger partial charge in [-0.2, -0.15) is 17.6 Å². The highest BCUT2D eigenvalue weighted by atomic mass is 19.3. The molecule has 0 bridgehead atoms. The zero-order valence-electron chi connectivity index (χ0n) is 16.9. The maximum Gasteiger partial charge on any atom is 0.425 e. The summed E-state index contributed by atoms with van der Waals surface area (Å²) in [5.41, 5.74) is 1.11. The fourth-order valence-corrected chi connectivity index (χ4v) is 5.13.